The van der Waals surface area contributed by atoms with E-state index in [-0.39, 0.29) is 11.8 Å². The van der Waals surface area contributed by atoms with E-state index in [0.29, 0.717) is 5.82 Å². The second-order valence-corrected chi connectivity index (χ2v) is 4.45. The highest BCUT2D eigenvalue weighted by Crippen LogP contribution is 2.18. The van der Waals surface area contributed by atoms with Crippen LogP contribution in [0.15, 0.2) is 22.8 Å². The molecule has 0 spiro atoms. The number of carbonyl (C=O) groups excluding carboxylic acids is 1. The lowest BCUT2D eigenvalue weighted by Crippen LogP contribution is -2.40. The molecule has 15 heavy (non-hydrogen) atoms. The van der Waals surface area contributed by atoms with E-state index in [2.05, 4.69) is 26.2 Å². The minimum Gasteiger partial charge on any atom is -0.320 e. The SMILES string of the molecule is CC(C)[C@@H](N)C(=O)Nc1ncccc1Br. The Labute approximate surface area is 97.4 Å². The van der Waals surface area contributed by atoms with Crippen molar-refractivity contribution in [3.05, 3.63) is 22.8 Å². The molecule has 82 valence electrons. The molecule has 1 rings (SSSR count). The summed E-state index contributed by atoms with van der Waals surface area (Å²) in [5, 5.41) is 2.67. The van der Waals surface area contributed by atoms with Crippen LogP contribution in [-0.2, 0) is 4.79 Å². The zero-order valence-electron chi connectivity index (χ0n) is 8.70. The molecule has 0 aliphatic carbocycles. The number of hydrogen-bond acceptors (Lipinski definition) is 3. The minimum atomic E-state index is -0.515. The fourth-order valence-electron chi connectivity index (χ4n) is 0.980. The summed E-state index contributed by atoms with van der Waals surface area (Å²) in [6.07, 6.45) is 1.61. The quantitative estimate of drug-likeness (QED) is 0.881. The van der Waals surface area contributed by atoms with Crippen LogP contribution < -0.4 is 11.1 Å². The van der Waals surface area contributed by atoms with Gasteiger partial charge in [0.25, 0.3) is 0 Å². The first kappa shape index (κ1) is 12.1. The van der Waals surface area contributed by atoms with E-state index in [0.717, 1.165) is 4.47 Å². The van der Waals surface area contributed by atoms with Crippen molar-refractivity contribution in [3.63, 3.8) is 0 Å². The molecule has 0 unspecified atom stereocenters. The van der Waals surface area contributed by atoms with Crippen molar-refractivity contribution in [3.8, 4) is 0 Å². The van der Waals surface area contributed by atoms with Crippen LogP contribution in [0, 0.1) is 5.92 Å². The third kappa shape index (κ3) is 3.28. The average Bonchev–Trinajstić information content (AvgIpc) is 2.20. The van der Waals surface area contributed by atoms with Gasteiger partial charge < -0.3 is 11.1 Å². The van der Waals surface area contributed by atoms with Crippen molar-refractivity contribution in [2.75, 3.05) is 5.32 Å². The molecule has 1 aromatic heterocycles. The Morgan fingerprint density at radius 2 is 2.27 bits per heavy atom. The molecule has 1 amide bonds. The summed E-state index contributed by atoms with van der Waals surface area (Å²) in [4.78, 5) is 15.6. The van der Waals surface area contributed by atoms with Gasteiger partial charge in [-0.05, 0) is 34.0 Å². The van der Waals surface area contributed by atoms with Crippen molar-refractivity contribution in [2.24, 2.45) is 11.7 Å². The maximum Gasteiger partial charge on any atom is 0.242 e. The average molecular weight is 272 g/mol. The Hall–Kier alpha value is -0.940. The topological polar surface area (TPSA) is 68.0 Å². The Bertz CT molecular complexity index is 354. The number of halogens is 1. The maximum absolute atomic E-state index is 11.6. The summed E-state index contributed by atoms with van der Waals surface area (Å²) in [7, 11) is 0. The van der Waals surface area contributed by atoms with Gasteiger partial charge in [-0.3, -0.25) is 4.79 Å². The van der Waals surface area contributed by atoms with Gasteiger partial charge in [0.1, 0.15) is 5.82 Å². The molecular weight excluding hydrogens is 258 g/mol. The van der Waals surface area contributed by atoms with E-state index in [1.54, 1.807) is 12.3 Å². The maximum atomic E-state index is 11.6. The van der Waals surface area contributed by atoms with Crippen LogP contribution in [0.2, 0.25) is 0 Å². The van der Waals surface area contributed by atoms with Crippen LogP contribution in [0.5, 0.6) is 0 Å². The molecule has 1 atom stereocenters. The number of nitrogens with zero attached hydrogens (tertiary/aromatic N) is 1. The number of nitrogens with one attached hydrogen (secondary N) is 1. The lowest BCUT2D eigenvalue weighted by Gasteiger charge is -2.15. The van der Waals surface area contributed by atoms with Crippen molar-refractivity contribution in [1.82, 2.24) is 4.98 Å². The van der Waals surface area contributed by atoms with Crippen LogP contribution in [0.4, 0.5) is 5.82 Å². The van der Waals surface area contributed by atoms with E-state index in [4.69, 9.17) is 5.73 Å². The Morgan fingerprint density at radius 3 is 2.80 bits per heavy atom. The summed E-state index contributed by atoms with van der Waals surface area (Å²) in [6, 6.07) is 3.07. The zero-order chi connectivity index (χ0) is 11.4. The molecule has 0 radical (unpaired) electrons. The lowest BCUT2D eigenvalue weighted by atomic mass is 10.1. The second kappa shape index (κ2) is 5.23. The number of anilines is 1. The van der Waals surface area contributed by atoms with Gasteiger partial charge >= 0.3 is 0 Å². The van der Waals surface area contributed by atoms with E-state index >= 15 is 0 Å². The summed E-state index contributed by atoms with van der Waals surface area (Å²) in [5.41, 5.74) is 5.70. The molecular formula is C10H14BrN3O. The molecule has 4 nitrogen and oxygen atoms in total. The van der Waals surface area contributed by atoms with Gasteiger partial charge in [0.15, 0.2) is 0 Å². The first-order valence-corrected chi connectivity index (χ1v) is 5.48. The van der Waals surface area contributed by atoms with Gasteiger partial charge in [-0.15, -0.1) is 0 Å². The van der Waals surface area contributed by atoms with E-state index in [1.165, 1.54) is 0 Å². The molecule has 0 saturated heterocycles. The number of amides is 1. The molecule has 3 N–H and O–H groups in total. The standard InChI is InChI=1S/C10H14BrN3O/c1-6(2)8(12)10(15)14-9-7(11)4-3-5-13-9/h3-6,8H,12H2,1-2H3,(H,13,14,15)/t8-/m1/s1. The number of aromatic nitrogens is 1. The Morgan fingerprint density at radius 1 is 1.60 bits per heavy atom. The summed E-state index contributed by atoms with van der Waals surface area (Å²) in [5.74, 6) is 0.385. The van der Waals surface area contributed by atoms with Crippen LogP contribution >= 0.6 is 15.9 Å². The number of nitrogens with two attached hydrogens (primary N) is 1. The zero-order valence-corrected chi connectivity index (χ0v) is 10.3. The third-order valence-electron chi connectivity index (χ3n) is 2.02. The molecule has 0 bridgehead atoms. The molecule has 0 aromatic carbocycles. The fourth-order valence-corrected chi connectivity index (χ4v) is 1.33. The number of pyridine rings is 1. The fraction of sp³-hybridized carbons (Fsp3) is 0.400. The number of carbonyl (C=O) groups is 1. The minimum absolute atomic E-state index is 0.104. The summed E-state index contributed by atoms with van der Waals surface area (Å²) < 4.78 is 0.745. The molecule has 0 fully saturated rings. The van der Waals surface area contributed by atoms with Crippen molar-refractivity contribution in [1.29, 1.82) is 0 Å². The van der Waals surface area contributed by atoms with Crippen LogP contribution in [0.1, 0.15) is 13.8 Å². The van der Waals surface area contributed by atoms with Crippen LogP contribution in [0.3, 0.4) is 0 Å². The summed E-state index contributed by atoms with van der Waals surface area (Å²) in [6.45, 7) is 3.80. The van der Waals surface area contributed by atoms with E-state index in [9.17, 15) is 4.79 Å². The first-order valence-electron chi connectivity index (χ1n) is 4.69. The van der Waals surface area contributed by atoms with Gasteiger partial charge in [0.2, 0.25) is 5.91 Å². The molecule has 1 heterocycles. The lowest BCUT2D eigenvalue weighted by molar-refractivity contribution is -0.118. The predicted octanol–water partition coefficient (Wildman–Crippen LogP) is 1.77. The summed E-state index contributed by atoms with van der Waals surface area (Å²) >= 11 is 3.29. The van der Waals surface area contributed by atoms with Crippen LogP contribution in [0.25, 0.3) is 0 Å². The normalized spacial score (nSPS) is 12.6. The predicted molar refractivity (Wildman–Crippen MR) is 63.4 cm³/mol. The van der Waals surface area contributed by atoms with Gasteiger partial charge in [0, 0.05) is 6.20 Å². The first-order chi connectivity index (χ1) is 7.02. The van der Waals surface area contributed by atoms with Gasteiger partial charge in [-0.1, -0.05) is 13.8 Å². The monoisotopic (exact) mass is 271 g/mol. The van der Waals surface area contributed by atoms with Crippen molar-refractivity contribution >= 4 is 27.7 Å². The third-order valence-corrected chi connectivity index (χ3v) is 2.66. The van der Waals surface area contributed by atoms with Gasteiger partial charge in [0.05, 0.1) is 10.5 Å². The van der Waals surface area contributed by atoms with Crippen LogP contribution in [-0.4, -0.2) is 16.9 Å². The smallest absolute Gasteiger partial charge is 0.242 e. The Balaban J connectivity index is 2.71. The number of rotatable bonds is 3. The molecule has 5 heteroatoms. The van der Waals surface area contributed by atoms with Gasteiger partial charge in [-0.2, -0.15) is 0 Å². The van der Waals surface area contributed by atoms with Gasteiger partial charge in [-0.25, -0.2) is 4.98 Å². The highest BCUT2D eigenvalue weighted by Gasteiger charge is 2.18. The number of hydrogen-bond donors (Lipinski definition) is 2. The van der Waals surface area contributed by atoms with Crippen molar-refractivity contribution in [2.45, 2.75) is 19.9 Å². The van der Waals surface area contributed by atoms with Crippen molar-refractivity contribution < 1.29 is 4.79 Å². The highest BCUT2D eigenvalue weighted by molar-refractivity contribution is 9.10. The molecule has 0 aliphatic rings. The molecule has 1 aromatic rings. The Kier molecular flexibility index (Phi) is 4.23. The largest absolute Gasteiger partial charge is 0.320 e. The highest BCUT2D eigenvalue weighted by atomic mass is 79.9. The van der Waals surface area contributed by atoms with E-state index < -0.39 is 6.04 Å². The van der Waals surface area contributed by atoms with E-state index in [1.807, 2.05) is 19.9 Å². The molecule has 0 aliphatic heterocycles. The molecule has 0 saturated carbocycles. The second-order valence-electron chi connectivity index (χ2n) is 3.59.